The number of aromatic nitrogens is 1. The van der Waals surface area contributed by atoms with Gasteiger partial charge in [-0.3, -0.25) is 10.1 Å². The van der Waals surface area contributed by atoms with Gasteiger partial charge in [-0.05, 0) is 36.6 Å². The number of hydrogen-bond acceptors (Lipinski definition) is 2. The van der Waals surface area contributed by atoms with Gasteiger partial charge in [-0.1, -0.05) is 42.0 Å². The zero-order valence-corrected chi connectivity index (χ0v) is 12.7. The highest BCUT2D eigenvalue weighted by molar-refractivity contribution is 5.87. The van der Waals surface area contributed by atoms with Crippen LogP contribution in [0.1, 0.15) is 28.2 Å². The molecule has 22 heavy (non-hydrogen) atoms. The van der Waals surface area contributed by atoms with Gasteiger partial charge in [-0.25, -0.2) is 0 Å². The second-order valence-corrected chi connectivity index (χ2v) is 5.72. The van der Waals surface area contributed by atoms with E-state index in [4.69, 9.17) is 0 Å². The van der Waals surface area contributed by atoms with E-state index in [0.717, 1.165) is 33.2 Å². The van der Waals surface area contributed by atoms with Gasteiger partial charge < -0.3 is 4.98 Å². The molecule has 0 saturated heterocycles. The van der Waals surface area contributed by atoms with Gasteiger partial charge in [-0.2, -0.15) is 0 Å². The van der Waals surface area contributed by atoms with Crippen LogP contribution >= 0.6 is 0 Å². The van der Waals surface area contributed by atoms with Gasteiger partial charge in [0.25, 0.3) is 0 Å². The van der Waals surface area contributed by atoms with Crippen LogP contribution in [0.4, 0.5) is 0 Å². The maximum absolute atomic E-state index is 11.2. The number of nitro groups is 1. The van der Waals surface area contributed by atoms with Crippen LogP contribution in [0.3, 0.4) is 0 Å². The maximum atomic E-state index is 11.2. The fraction of sp³-hybridized carbons (Fsp3) is 0.222. The molecule has 3 rings (SSSR count). The summed E-state index contributed by atoms with van der Waals surface area (Å²) >= 11 is 0. The third-order valence-electron chi connectivity index (χ3n) is 4.13. The Morgan fingerprint density at radius 1 is 1.14 bits per heavy atom. The van der Waals surface area contributed by atoms with Gasteiger partial charge >= 0.3 is 0 Å². The van der Waals surface area contributed by atoms with Crippen LogP contribution in [-0.4, -0.2) is 16.5 Å². The summed E-state index contributed by atoms with van der Waals surface area (Å²) in [6, 6.07) is 14.0. The highest BCUT2D eigenvalue weighted by Crippen LogP contribution is 2.33. The number of nitrogens with zero attached hydrogens (tertiary/aromatic N) is 1. The molecule has 4 heteroatoms. The van der Waals surface area contributed by atoms with Crippen LogP contribution in [0.25, 0.3) is 10.9 Å². The molecule has 1 aromatic heterocycles. The summed E-state index contributed by atoms with van der Waals surface area (Å²) in [5.74, 6) is -0.245. The Morgan fingerprint density at radius 2 is 1.86 bits per heavy atom. The molecule has 0 radical (unpaired) electrons. The van der Waals surface area contributed by atoms with E-state index >= 15 is 0 Å². The molecule has 0 aliphatic carbocycles. The van der Waals surface area contributed by atoms with Crippen molar-refractivity contribution >= 4 is 10.9 Å². The summed E-state index contributed by atoms with van der Waals surface area (Å²) in [6.45, 7) is 3.95. The summed E-state index contributed by atoms with van der Waals surface area (Å²) in [4.78, 5) is 14.2. The summed E-state index contributed by atoms with van der Waals surface area (Å²) in [5, 5.41) is 12.3. The van der Waals surface area contributed by atoms with Gasteiger partial charge in [0.05, 0.1) is 5.92 Å². The number of rotatable bonds is 4. The Kier molecular flexibility index (Phi) is 3.67. The minimum absolute atomic E-state index is 0.107. The average Bonchev–Trinajstić information content (AvgIpc) is 2.91. The summed E-state index contributed by atoms with van der Waals surface area (Å²) in [5.41, 5.74) is 5.28. The molecule has 0 fully saturated rings. The van der Waals surface area contributed by atoms with Crippen molar-refractivity contribution in [3.8, 4) is 0 Å². The van der Waals surface area contributed by atoms with E-state index in [1.807, 2.05) is 62.5 Å². The van der Waals surface area contributed by atoms with E-state index in [0.29, 0.717) is 0 Å². The van der Waals surface area contributed by atoms with Crippen LogP contribution in [0, 0.1) is 24.0 Å². The predicted molar refractivity (Wildman–Crippen MR) is 87.9 cm³/mol. The monoisotopic (exact) mass is 294 g/mol. The lowest BCUT2D eigenvalue weighted by Crippen LogP contribution is -2.13. The fourth-order valence-electron chi connectivity index (χ4n) is 3.00. The second kappa shape index (κ2) is 5.64. The number of nitrogens with one attached hydrogen (secondary N) is 1. The average molecular weight is 294 g/mol. The SMILES string of the molecule is Cc1ccc(C(C[N+](=O)[O-])c2c[nH]c3cccc(C)c23)cc1. The van der Waals surface area contributed by atoms with Gasteiger partial charge in [0.15, 0.2) is 0 Å². The highest BCUT2D eigenvalue weighted by Gasteiger charge is 2.23. The molecule has 2 aromatic carbocycles. The number of hydrogen-bond donors (Lipinski definition) is 1. The lowest BCUT2D eigenvalue weighted by Gasteiger charge is -2.14. The van der Waals surface area contributed by atoms with Crippen molar-refractivity contribution in [2.45, 2.75) is 19.8 Å². The molecule has 1 unspecified atom stereocenters. The van der Waals surface area contributed by atoms with E-state index in [1.165, 1.54) is 0 Å². The molecular weight excluding hydrogens is 276 g/mol. The van der Waals surface area contributed by atoms with E-state index in [1.54, 1.807) is 0 Å². The van der Waals surface area contributed by atoms with Crippen molar-refractivity contribution in [2.24, 2.45) is 0 Å². The number of H-pyrrole nitrogens is 1. The third kappa shape index (κ3) is 2.60. The third-order valence-corrected chi connectivity index (χ3v) is 4.13. The molecule has 0 bridgehead atoms. The molecule has 0 spiro atoms. The molecule has 1 atom stereocenters. The smallest absolute Gasteiger partial charge is 0.214 e. The van der Waals surface area contributed by atoms with Gasteiger partial charge in [-0.15, -0.1) is 0 Å². The first-order valence-electron chi connectivity index (χ1n) is 7.31. The number of fused-ring (bicyclic) bond motifs is 1. The molecule has 4 nitrogen and oxygen atoms in total. The predicted octanol–water partition coefficient (Wildman–Crippen LogP) is 4.19. The highest BCUT2D eigenvalue weighted by atomic mass is 16.6. The Hall–Kier alpha value is -2.62. The van der Waals surface area contributed by atoms with Crippen molar-refractivity contribution in [3.05, 3.63) is 81.0 Å². The van der Waals surface area contributed by atoms with E-state index < -0.39 is 0 Å². The minimum atomic E-state index is -0.245. The molecule has 0 saturated carbocycles. The zero-order chi connectivity index (χ0) is 15.7. The second-order valence-electron chi connectivity index (χ2n) is 5.72. The van der Waals surface area contributed by atoms with E-state index in [2.05, 4.69) is 4.98 Å². The number of aryl methyl sites for hydroxylation is 2. The van der Waals surface area contributed by atoms with Crippen LogP contribution in [0.15, 0.2) is 48.7 Å². The largest absolute Gasteiger partial charge is 0.361 e. The summed E-state index contributed by atoms with van der Waals surface area (Å²) in [7, 11) is 0. The number of aromatic amines is 1. The Morgan fingerprint density at radius 3 is 2.55 bits per heavy atom. The molecule has 0 amide bonds. The van der Waals surface area contributed by atoms with Crippen molar-refractivity contribution in [2.75, 3.05) is 6.54 Å². The first-order valence-corrected chi connectivity index (χ1v) is 7.31. The standard InChI is InChI=1S/C18H18N2O2/c1-12-6-8-14(9-7-12)16(11-20(21)22)15-10-19-17-5-3-4-13(2)18(15)17/h3-10,16,19H,11H2,1-2H3. The lowest BCUT2D eigenvalue weighted by atomic mass is 9.89. The fourth-order valence-corrected chi connectivity index (χ4v) is 3.00. The van der Waals surface area contributed by atoms with E-state index in [9.17, 15) is 10.1 Å². The first-order chi connectivity index (χ1) is 10.6. The van der Waals surface area contributed by atoms with Crippen LogP contribution in [-0.2, 0) is 0 Å². The minimum Gasteiger partial charge on any atom is -0.361 e. The normalized spacial score (nSPS) is 12.5. The van der Waals surface area contributed by atoms with Crippen molar-refractivity contribution in [3.63, 3.8) is 0 Å². The van der Waals surface area contributed by atoms with Gasteiger partial charge in [0.1, 0.15) is 0 Å². The molecular formula is C18H18N2O2. The van der Waals surface area contributed by atoms with Crippen LogP contribution in [0.5, 0.6) is 0 Å². The van der Waals surface area contributed by atoms with Gasteiger partial charge in [0, 0.05) is 22.0 Å². The van der Waals surface area contributed by atoms with Crippen LogP contribution in [0.2, 0.25) is 0 Å². The summed E-state index contributed by atoms with van der Waals surface area (Å²) in [6.07, 6.45) is 1.91. The Balaban J connectivity index is 2.16. The molecule has 0 aliphatic heterocycles. The number of benzene rings is 2. The quantitative estimate of drug-likeness (QED) is 0.579. The maximum Gasteiger partial charge on any atom is 0.214 e. The first kappa shape index (κ1) is 14.3. The molecule has 0 aliphatic rings. The van der Waals surface area contributed by atoms with Gasteiger partial charge in [0.2, 0.25) is 6.54 Å². The van der Waals surface area contributed by atoms with Crippen molar-refractivity contribution < 1.29 is 4.92 Å². The van der Waals surface area contributed by atoms with Crippen molar-refractivity contribution in [1.82, 2.24) is 4.98 Å². The molecule has 1 N–H and O–H groups in total. The zero-order valence-electron chi connectivity index (χ0n) is 12.7. The lowest BCUT2D eigenvalue weighted by molar-refractivity contribution is -0.481. The Bertz CT molecular complexity index is 819. The Labute approximate surface area is 128 Å². The molecule has 3 aromatic rings. The molecule has 112 valence electrons. The molecule has 1 heterocycles. The summed E-state index contributed by atoms with van der Waals surface area (Å²) < 4.78 is 0. The van der Waals surface area contributed by atoms with Crippen LogP contribution < -0.4 is 0 Å². The van der Waals surface area contributed by atoms with E-state index in [-0.39, 0.29) is 17.4 Å². The van der Waals surface area contributed by atoms with Crippen molar-refractivity contribution in [1.29, 1.82) is 0 Å². The topological polar surface area (TPSA) is 58.9 Å².